The van der Waals surface area contributed by atoms with Gasteiger partial charge in [-0.1, -0.05) is 29.8 Å². The second kappa shape index (κ2) is 4.82. The molecule has 1 aromatic heterocycles. The van der Waals surface area contributed by atoms with Gasteiger partial charge in [0.05, 0.1) is 5.02 Å². The average Bonchev–Trinajstić information content (AvgIpc) is 2.74. The Balaban J connectivity index is 2.63. The number of aromatic carboxylic acids is 1. The summed E-state index contributed by atoms with van der Waals surface area (Å²) in [6, 6.07) is 7.19. The number of carboxylic acid groups (broad SMARTS) is 1. The van der Waals surface area contributed by atoms with E-state index in [1.54, 1.807) is 28.9 Å². The largest absolute Gasteiger partial charge is 0.478 e. The number of carboxylic acids is 1. The van der Waals surface area contributed by atoms with Gasteiger partial charge in [-0.2, -0.15) is 5.10 Å². The molecule has 5 heteroatoms. The Hall–Kier alpha value is -1.81. The summed E-state index contributed by atoms with van der Waals surface area (Å²) < 4.78 is 1.63. The Bertz CT molecular complexity index is 590. The van der Waals surface area contributed by atoms with Crippen LogP contribution in [-0.2, 0) is 0 Å². The molecule has 2 aromatic rings. The van der Waals surface area contributed by atoms with Crippen LogP contribution in [0.2, 0.25) is 5.02 Å². The molecule has 0 aliphatic carbocycles. The Labute approximate surface area is 110 Å². The van der Waals surface area contributed by atoms with E-state index in [0.717, 1.165) is 0 Å². The smallest absolute Gasteiger partial charge is 0.339 e. The maximum Gasteiger partial charge on any atom is 0.339 e. The monoisotopic (exact) mass is 264 g/mol. The zero-order valence-electron chi connectivity index (χ0n) is 10.1. The van der Waals surface area contributed by atoms with Crippen molar-refractivity contribution in [1.82, 2.24) is 9.78 Å². The molecule has 0 aliphatic rings. The van der Waals surface area contributed by atoms with Crippen molar-refractivity contribution in [3.05, 3.63) is 41.0 Å². The van der Waals surface area contributed by atoms with E-state index < -0.39 is 5.97 Å². The van der Waals surface area contributed by atoms with Gasteiger partial charge >= 0.3 is 5.97 Å². The second-order valence-electron chi connectivity index (χ2n) is 4.25. The van der Waals surface area contributed by atoms with Crippen molar-refractivity contribution in [2.75, 3.05) is 0 Å². The first-order chi connectivity index (χ1) is 8.50. The van der Waals surface area contributed by atoms with Crippen LogP contribution in [0.4, 0.5) is 0 Å². The molecule has 0 fully saturated rings. The summed E-state index contributed by atoms with van der Waals surface area (Å²) >= 11 is 6.08. The molecule has 0 radical (unpaired) electrons. The van der Waals surface area contributed by atoms with Crippen LogP contribution in [0, 0.1) is 0 Å². The third-order valence-corrected chi connectivity index (χ3v) is 2.95. The molecule has 0 spiro atoms. The Morgan fingerprint density at radius 2 is 2.06 bits per heavy atom. The van der Waals surface area contributed by atoms with Gasteiger partial charge in [0.1, 0.15) is 11.3 Å². The van der Waals surface area contributed by atoms with Gasteiger partial charge in [0, 0.05) is 17.8 Å². The molecule has 4 nitrogen and oxygen atoms in total. The minimum atomic E-state index is -1.00. The predicted molar refractivity (Wildman–Crippen MR) is 70.0 cm³/mol. The summed E-state index contributed by atoms with van der Waals surface area (Å²) in [6.45, 7) is 3.88. The Morgan fingerprint density at radius 1 is 1.39 bits per heavy atom. The topological polar surface area (TPSA) is 55.1 Å². The number of carbonyl (C=O) groups is 1. The molecule has 0 atom stereocenters. The normalized spacial score (nSPS) is 10.9. The molecular weight excluding hydrogens is 252 g/mol. The van der Waals surface area contributed by atoms with Gasteiger partial charge in [0.25, 0.3) is 0 Å². The molecule has 1 aromatic carbocycles. The van der Waals surface area contributed by atoms with E-state index in [1.807, 2.05) is 13.8 Å². The summed E-state index contributed by atoms with van der Waals surface area (Å²) in [7, 11) is 0. The molecule has 0 aliphatic heterocycles. The molecule has 18 heavy (non-hydrogen) atoms. The van der Waals surface area contributed by atoms with Crippen molar-refractivity contribution < 1.29 is 9.90 Å². The van der Waals surface area contributed by atoms with Crippen molar-refractivity contribution in [3.63, 3.8) is 0 Å². The number of aromatic nitrogens is 2. The minimum absolute atomic E-state index is 0.0966. The lowest BCUT2D eigenvalue weighted by Crippen LogP contribution is -2.00. The van der Waals surface area contributed by atoms with E-state index in [0.29, 0.717) is 16.3 Å². The lowest BCUT2D eigenvalue weighted by molar-refractivity contribution is 0.0697. The fourth-order valence-electron chi connectivity index (χ4n) is 1.66. The van der Waals surface area contributed by atoms with Crippen molar-refractivity contribution in [2.24, 2.45) is 0 Å². The van der Waals surface area contributed by atoms with E-state index in [9.17, 15) is 9.90 Å². The molecule has 1 N–H and O–H groups in total. The highest BCUT2D eigenvalue weighted by molar-refractivity contribution is 6.33. The van der Waals surface area contributed by atoms with Crippen LogP contribution >= 0.6 is 11.6 Å². The van der Waals surface area contributed by atoms with Gasteiger partial charge in [-0.3, -0.25) is 4.68 Å². The zero-order chi connectivity index (χ0) is 13.3. The highest BCUT2D eigenvalue weighted by atomic mass is 35.5. The number of hydrogen-bond donors (Lipinski definition) is 1. The lowest BCUT2D eigenvalue weighted by Gasteiger charge is -2.04. The lowest BCUT2D eigenvalue weighted by atomic mass is 10.1. The number of nitrogens with zero attached hydrogens (tertiary/aromatic N) is 2. The maximum absolute atomic E-state index is 11.2. The van der Waals surface area contributed by atoms with Crippen LogP contribution in [0.15, 0.2) is 30.5 Å². The highest BCUT2D eigenvalue weighted by Gasteiger charge is 2.19. The Morgan fingerprint density at radius 3 is 2.61 bits per heavy atom. The third kappa shape index (κ3) is 2.24. The van der Waals surface area contributed by atoms with Gasteiger partial charge in [-0.05, 0) is 19.9 Å². The molecule has 1 heterocycles. The fraction of sp³-hybridized carbons (Fsp3) is 0.231. The van der Waals surface area contributed by atoms with Crippen LogP contribution in [-0.4, -0.2) is 20.9 Å². The number of benzene rings is 1. The predicted octanol–water partition coefficient (Wildman–Crippen LogP) is 3.48. The molecule has 0 saturated heterocycles. The molecule has 94 valence electrons. The van der Waals surface area contributed by atoms with Gasteiger partial charge in [0.15, 0.2) is 0 Å². The third-order valence-electron chi connectivity index (χ3n) is 2.62. The van der Waals surface area contributed by atoms with Crippen molar-refractivity contribution in [1.29, 1.82) is 0 Å². The van der Waals surface area contributed by atoms with Crippen LogP contribution in [0.5, 0.6) is 0 Å². The molecule has 0 saturated carbocycles. The molecule has 0 amide bonds. The van der Waals surface area contributed by atoms with Crippen molar-refractivity contribution >= 4 is 17.6 Å². The van der Waals surface area contributed by atoms with E-state index in [-0.39, 0.29) is 11.6 Å². The molecule has 0 bridgehead atoms. The number of rotatable bonds is 3. The van der Waals surface area contributed by atoms with Crippen molar-refractivity contribution in [2.45, 2.75) is 19.9 Å². The summed E-state index contributed by atoms with van der Waals surface area (Å²) in [6.07, 6.45) is 1.53. The first-order valence-electron chi connectivity index (χ1n) is 5.58. The SMILES string of the molecule is CC(C)n1cc(C(=O)O)c(-c2ccccc2Cl)n1. The maximum atomic E-state index is 11.2. The van der Waals surface area contributed by atoms with E-state index >= 15 is 0 Å². The summed E-state index contributed by atoms with van der Waals surface area (Å²) in [4.78, 5) is 11.2. The van der Waals surface area contributed by atoms with Crippen LogP contribution < -0.4 is 0 Å². The van der Waals surface area contributed by atoms with E-state index in [1.165, 1.54) is 6.20 Å². The molecular formula is C13H13ClN2O2. The first-order valence-corrected chi connectivity index (χ1v) is 5.96. The van der Waals surface area contributed by atoms with Gasteiger partial charge in [0.2, 0.25) is 0 Å². The Kier molecular flexibility index (Phi) is 3.39. The van der Waals surface area contributed by atoms with Gasteiger partial charge in [-0.25, -0.2) is 4.79 Å². The average molecular weight is 265 g/mol. The summed E-state index contributed by atoms with van der Waals surface area (Å²) in [5, 5.41) is 14.0. The van der Waals surface area contributed by atoms with Crippen LogP contribution in [0.3, 0.4) is 0 Å². The van der Waals surface area contributed by atoms with Crippen LogP contribution in [0.25, 0.3) is 11.3 Å². The number of halogens is 1. The summed E-state index contributed by atoms with van der Waals surface area (Å²) in [5.74, 6) is -1.00. The van der Waals surface area contributed by atoms with Crippen molar-refractivity contribution in [3.8, 4) is 11.3 Å². The zero-order valence-corrected chi connectivity index (χ0v) is 10.8. The van der Waals surface area contributed by atoms with Crippen LogP contribution in [0.1, 0.15) is 30.2 Å². The van der Waals surface area contributed by atoms with Gasteiger partial charge < -0.3 is 5.11 Å². The first kappa shape index (κ1) is 12.6. The van der Waals surface area contributed by atoms with Gasteiger partial charge in [-0.15, -0.1) is 0 Å². The molecule has 2 rings (SSSR count). The second-order valence-corrected chi connectivity index (χ2v) is 4.66. The minimum Gasteiger partial charge on any atom is -0.478 e. The van der Waals surface area contributed by atoms with E-state index in [2.05, 4.69) is 5.10 Å². The standard InChI is InChI=1S/C13H13ClN2O2/c1-8(2)16-7-10(13(17)18)12(15-16)9-5-3-4-6-11(9)14/h3-8H,1-2H3,(H,17,18). The highest BCUT2D eigenvalue weighted by Crippen LogP contribution is 2.29. The quantitative estimate of drug-likeness (QED) is 0.923. The fourth-order valence-corrected chi connectivity index (χ4v) is 1.89. The summed E-state index contributed by atoms with van der Waals surface area (Å²) in [5.41, 5.74) is 1.20. The molecule has 0 unspecified atom stereocenters. The van der Waals surface area contributed by atoms with E-state index in [4.69, 9.17) is 11.6 Å². The number of hydrogen-bond acceptors (Lipinski definition) is 2.